The first kappa shape index (κ1) is 42.8. The van der Waals surface area contributed by atoms with E-state index in [4.69, 9.17) is 14.4 Å². The zero-order valence-corrected chi connectivity index (χ0v) is 38.6. The number of aromatic nitrogens is 1. The highest BCUT2D eigenvalue weighted by atomic mass is 16.3. The Balaban J connectivity index is 0.828. The van der Waals surface area contributed by atoms with Crippen molar-refractivity contribution in [1.82, 2.24) is 4.98 Å². The van der Waals surface area contributed by atoms with E-state index in [0.29, 0.717) is 11.8 Å². The lowest BCUT2D eigenvalue weighted by atomic mass is 9.90. The molecule has 1 aliphatic carbocycles. The Morgan fingerprint density at radius 3 is 1.39 bits per heavy atom. The Morgan fingerprint density at radius 1 is 0.449 bits per heavy atom. The van der Waals surface area contributed by atoms with Gasteiger partial charge in [-0.1, -0.05) is 165 Å². The maximum absolute atomic E-state index is 6.25. The molecule has 1 aromatic heterocycles. The molecule has 2 atom stereocenters. The first-order valence-electron chi connectivity index (χ1n) is 23.6. The van der Waals surface area contributed by atoms with Crippen molar-refractivity contribution in [1.29, 1.82) is 0 Å². The van der Waals surface area contributed by atoms with Crippen molar-refractivity contribution in [2.45, 2.75) is 19.9 Å². The summed E-state index contributed by atoms with van der Waals surface area (Å²) in [6, 6.07) is 83.1. The van der Waals surface area contributed by atoms with Gasteiger partial charge >= 0.3 is 0 Å². The van der Waals surface area contributed by atoms with Crippen LogP contribution in [-0.2, 0) is 0 Å². The zero-order valence-electron chi connectivity index (χ0n) is 38.6. The number of anilines is 6. The molecule has 0 aliphatic heterocycles. The van der Waals surface area contributed by atoms with Crippen molar-refractivity contribution in [2.75, 3.05) is 9.80 Å². The second-order valence-corrected chi connectivity index (χ2v) is 17.5. The molecule has 10 aromatic rings. The van der Waals surface area contributed by atoms with E-state index in [0.717, 1.165) is 84.3 Å². The van der Waals surface area contributed by atoms with Gasteiger partial charge in [0.15, 0.2) is 5.58 Å². The van der Waals surface area contributed by atoms with Crippen molar-refractivity contribution in [2.24, 2.45) is 10.9 Å². The lowest BCUT2D eigenvalue weighted by molar-refractivity contribution is 0.620. The van der Waals surface area contributed by atoms with Gasteiger partial charge in [-0.2, -0.15) is 0 Å². The predicted molar refractivity (Wildman–Crippen MR) is 288 cm³/mol. The van der Waals surface area contributed by atoms with Gasteiger partial charge in [0.2, 0.25) is 5.89 Å². The highest BCUT2D eigenvalue weighted by Gasteiger charge is 2.19. The predicted octanol–water partition coefficient (Wildman–Crippen LogP) is 17.2. The van der Waals surface area contributed by atoms with Crippen LogP contribution in [0.15, 0.2) is 264 Å². The maximum Gasteiger partial charge on any atom is 0.227 e. The van der Waals surface area contributed by atoms with Crippen LogP contribution in [0, 0.1) is 5.92 Å². The number of hydrogen-bond donors (Lipinski definition) is 0. The van der Waals surface area contributed by atoms with Crippen molar-refractivity contribution >= 4 is 56.5 Å². The van der Waals surface area contributed by atoms with Crippen LogP contribution >= 0.6 is 0 Å². The van der Waals surface area contributed by atoms with E-state index in [1.165, 1.54) is 11.1 Å². The molecule has 9 aromatic carbocycles. The fourth-order valence-electron chi connectivity index (χ4n) is 9.16. The van der Waals surface area contributed by atoms with Gasteiger partial charge in [0, 0.05) is 51.3 Å². The van der Waals surface area contributed by atoms with E-state index >= 15 is 0 Å². The van der Waals surface area contributed by atoms with Crippen molar-refractivity contribution in [3.63, 3.8) is 0 Å². The third kappa shape index (κ3) is 9.19. The average Bonchev–Trinajstić information content (AvgIpc) is 3.85. The number of para-hydroxylation sites is 2. The molecule has 0 bridgehead atoms. The number of nitrogens with zero attached hydrogens (tertiary/aromatic N) is 4. The SMILES string of the molecule is CC(=NC1C=C(c2ccccc2)C=C[C@@H]1C)c1ccc(N(c2ccccc2)c2ccc(-c3ccc(N(c4ccccc4)c4ccc(-c5nc6cc(-c7ccccc7)ccc6o5)cc4)cc3)cc2)cc1. The van der Waals surface area contributed by atoms with Crippen LogP contribution in [-0.4, -0.2) is 16.7 Å². The molecule has 5 nitrogen and oxygen atoms in total. The molecule has 69 heavy (non-hydrogen) atoms. The number of allylic oxidation sites excluding steroid dienone is 2. The summed E-state index contributed by atoms with van der Waals surface area (Å²) in [6.07, 6.45) is 6.80. The van der Waals surface area contributed by atoms with Gasteiger partial charge in [0.25, 0.3) is 0 Å². The Bertz CT molecular complexity index is 3420. The molecule has 0 radical (unpaired) electrons. The first-order valence-corrected chi connectivity index (χ1v) is 23.6. The molecule has 0 fully saturated rings. The molecule has 0 saturated heterocycles. The van der Waals surface area contributed by atoms with E-state index in [1.807, 2.05) is 18.2 Å². The minimum absolute atomic E-state index is 0.0735. The van der Waals surface area contributed by atoms with E-state index in [9.17, 15) is 0 Å². The van der Waals surface area contributed by atoms with Crippen LogP contribution in [0.2, 0.25) is 0 Å². The Labute approximate surface area is 404 Å². The summed E-state index contributed by atoms with van der Waals surface area (Å²) in [6.45, 7) is 4.36. The molecule has 11 rings (SSSR count). The number of benzene rings is 9. The number of aliphatic imine (C=N–C) groups is 1. The third-order valence-corrected chi connectivity index (χ3v) is 12.9. The monoisotopic (exact) mass is 890 g/mol. The average molecular weight is 891 g/mol. The maximum atomic E-state index is 6.25. The van der Waals surface area contributed by atoms with E-state index in [-0.39, 0.29) is 6.04 Å². The molecule has 0 N–H and O–H groups in total. The standard InChI is InChI=1S/C64H50N4O/c1-45-23-24-53(48-15-7-3-8-16-48)43-61(45)65-46(2)47-25-34-57(35-26-47)67(55-19-11-5-12-20-55)58-36-27-50(28-37-58)51-29-38-59(39-30-51)68(56-21-13-6-14-22-56)60-40-31-52(32-41-60)64-66-62-44-54(33-42-63(62)69-64)49-17-9-4-10-18-49/h3-45,61H,1-2H3/t45-,61?/m0/s1. The first-order chi connectivity index (χ1) is 34.0. The highest BCUT2D eigenvalue weighted by Crippen LogP contribution is 2.39. The number of hydrogen-bond acceptors (Lipinski definition) is 5. The van der Waals surface area contributed by atoms with Crippen LogP contribution in [0.1, 0.15) is 25.0 Å². The number of fused-ring (bicyclic) bond motifs is 1. The van der Waals surface area contributed by atoms with Gasteiger partial charge in [-0.05, 0) is 143 Å². The Kier molecular flexibility index (Phi) is 11.9. The zero-order chi connectivity index (χ0) is 46.5. The fraction of sp³-hybridized carbons (Fsp3) is 0.0625. The van der Waals surface area contributed by atoms with Crippen LogP contribution in [0.25, 0.3) is 50.4 Å². The normalized spacial score (nSPS) is 14.6. The summed E-state index contributed by atoms with van der Waals surface area (Å²) in [5.41, 5.74) is 18.1. The smallest absolute Gasteiger partial charge is 0.227 e. The summed E-state index contributed by atoms with van der Waals surface area (Å²) >= 11 is 0. The van der Waals surface area contributed by atoms with Gasteiger partial charge in [0.05, 0.1) is 6.04 Å². The molecule has 0 amide bonds. The second-order valence-electron chi connectivity index (χ2n) is 17.5. The second kappa shape index (κ2) is 19.2. The quantitative estimate of drug-likeness (QED) is 0.115. The minimum Gasteiger partial charge on any atom is -0.436 e. The van der Waals surface area contributed by atoms with Crippen molar-refractivity contribution in [3.8, 4) is 33.7 Å². The van der Waals surface area contributed by atoms with Gasteiger partial charge in [-0.25, -0.2) is 4.98 Å². The molecule has 0 spiro atoms. The van der Waals surface area contributed by atoms with Gasteiger partial charge in [0.1, 0.15) is 5.52 Å². The van der Waals surface area contributed by atoms with Gasteiger partial charge in [-0.15, -0.1) is 0 Å². The largest absolute Gasteiger partial charge is 0.436 e. The fourth-order valence-corrected chi connectivity index (χ4v) is 9.16. The minimum atomic E-state index is 0.0735. The van der Waals surface area contributed by atoms with E-state index in [2.05, 4.69) is 260 Å². The molecule has 332 valence electrons. The summed E-state index contributed by atoms with van der Waals surface area (Å²) in [5.74, 6) is 0.917. The van der Waals surface area contributed by atoms with E-state index < -0.39 is 0 Å². The molecule has 1 heterocycles. The Morgan fingerprint density at radius 2 is 0.870 bits per heavy atom. The third-order valence-electron chi connectivity index (χ3n) is 12.9. The molecule has 0 saturated carbocycles. The summed E-state index contributed by atoms with van der Waals surface area (Å²) in [7, 11) is 0. The van der Waals surface area contributed by atoms with Crippen LogP contribution in [0.3, 0.4) is 0 Å². The molecular formula is C64H50N4O. The summed E-state index contributed by atoms with van der Waals surface area (Å²) in [4.78, 5) is 14.7. The van der Waals surface area contributed by atoms with Gasteiger partial charge < -0.3 is 14.2 Å². The van der Waals surface area contributed by atoms with Gasteiger partial charge in [-0.3, -0.25) is 4.99 Å². The topological polar surface area (TPSA) is 44.9 Å². The molecule has 1 aliphatic rings. The summed E-state index contributed by atoms with van der Waals surface area (Å²) < 4.78 is 6.25. The highest BCUT2D eigenvalue weighted by molar-refractivity contribution is 5.99. The lowest BCUT2D eigenvalue weighted by Crippen LogP contribution is -2.17. The number of oxazole rings is 1. The van der Waals surface area contributed by atoms with Crippen LogP contribution in [0.5, 0.6) is 0 Å². The number of rotatable bonds is 12. The van der Waals surface area contributed by atoms with Crippen molar-refractivity contribution < 1.29 is 4.42 Å². The van der Waals surface area contributed by atoms with Crippen LogP contribution in [0.4, 0.5) is 34.1 Å². The molecule has 5 heteroatoms. The van der Waals surface area contributed by atoms with Crippen LogP contribution < -0.4 is 9.80 Å². The van der Waals surface area contributed by atoms with E-state index in [1.54, 1.807) is 0 Å². The Hall–Kier alpha value is -8.80. The lowest BCUT2D eigenvalue weighted by Gasteiger charge is -2.26. The molecular weight excluding hydrogens is 841 g/mol. The summed E-state index contributed by atoms with van der Waals surface area (Å²) in [5, 5.41) is 0. The molecule has 1 unspecified atom stereocenters. The van der Waals surface area contributed by atoms with Crippen molar-refractivity contribution in [3.05, 3.63) is 266 Å².